The average molecular weight is 366 g/mol. The third kappa shape index (κ3) is 4.24. The van der Waals surface area contributed by atoms with Crippen LogP contribution in [0.4, 0.5) is 5.82 Å². The molecule has 1 saturated heterocycles. The van der Waals surface area contributed by atoms with Gasteiger partial charge < -0.3 is 9.88 Å². The zero-order chi connectivity index (χ0) is 18.9. The molecular formula is C24H35N3. The number of hydrogen-bond acceptors (Lipinski definition) is 2. The van der Waals surface area contributed by atoms with Crippen LogP contribution in [0.2, 0.25) is 0 Å². The van der Waals surface area contributed by atoms with Gasteiger partial charge in [-0.2, -0.15) is 0 Å². The summed E-state index contributed by atoms with van der Waals surface area (Å²) >= 11 is 0. The molecule has 0 bridgehead atoms. The number of likely N-dealkylation sites (tertiary alicyclic amines) is 1. The van der Waals surface area contributed by atoms with Gasteiger partial charge in [-0.05, 0) is 61.9 Å². The molecule has 0 aliphatic carbocycles. The first kappa shape index (κ1) is 18.6. The molecule has 0 atom stereocenters. The number of aryl methyl sites for hydroxylation is 1. The third-order valence-corrected chi connectivity index (χ3v) is 6.26. The van der Waals surface area contributed by atoms with E-state index in [1.807, 2.05) is 0 Å². The van der Waals surface area contributed by atoms with E-state index in [0.717, 1.165) is 19.0 Å². The summed E-state index contributed by atoms with van der Waals surface area (Å²) in [5, 5.41) is 3.71. The number of hydrogen-bond donors (Lipinski definition) is 1. The maximum atomic E-state index is 3.71. The molecule has 1 aromatic carbocycles. The van der Waals surface area contributed by atoms with Crippen LogP contribution in [0.3, 0.4) is 0 Å². The Morgan fingerprint density at radius 3 is 2.52 bits per heavy atom. The van der Waals surface area contributed by atoms with Gasteiger partial charge >= 0.3 is 0 Å². The van der Waals surface area contributed by atoms with Crippen molar-refractivity contribution in [3.05, 3.63) is 53.2 Å². The normalized spacial score (nSPS) is 18.9. The molecule has 0 amide bonds. The zero-order valence-corrected chi connectivity index (χ0v) is 17.3. The Kier molecular flexibility index (Phi) is 5.32. The van der Waals surface area contributed by atoms with Gasteiger partial charge in [-0.15, -0.1) is 0 Å². The largest absolute Gasteiger partial charge is 0.371 e. The molecule has 2 aromatic rings. The van der Waals surface area contributed by atoms with Gasteiger partial charge in [0.1, 0.15) is 5.82 Å². The number of rotatable bonds is 4. The van der Waals surface area contributed by atoms with Crippen molar-refractivity contribution in [1.29, 1.82) is 0 Å². The second kappa shape index (κ2) is 7.71. The molecule has 3 heterocycles. The van der Waals surface area contributed by atoms with Gasteiger partial charge in [-0.3, -0.25) is 4.90 Å². The van der Waals surface area contributed by atoms with Gasteiger partial charge in [0.2, 0.25) is 0 Å². The number of nitrogens with one attached hydrogen (secondary N) is 1. The van der Waals surface area contributed by atoms with E-state index in [1.54, 1.807) is 0 Å². The summed E-state index contributed by atoms with van der Waals surface area (Å²) in [5.74, 6) is 2.20. The summed E-state index contributed by atoms with van der Waals surface area (Å²) in [6.45, 7) is 12.9. The van der Waals surface area contributed by atoms with E-state index in [9.17, 15) is 0 Å². The Bertz CT molecular complexity index is 746. The lowest BCUT2D eigenvalue weighted by Gasteiger charge is -2.34. The summed E-state index contributed by atoms with van der Waals surface area (Å²) in [4.78, 5) is 2.62. The summed E-state index contributed by atoms with van der Waals surface area (Å²) in [7, 11) is 0. The van der Waals surface area contributed by atoms with Gasteiger partial charge in [-0.25, -0.2) is 0 Å². The molecule has 3 heteroatoms. The zero-order valence-electron chi connectivity index (χ0n) is 17.3. The predicted molar refractivity (Wildman–Crippen MR) is 114 cm³/mol. The van der Waals surface area contributed by atoms with Crippen molar-refractivity contribution >= 4 is 5.82 Å². The van der Waals surface area contributed by atoms with Gasteiger partial charge in [0.05, 0.1) is 0 Å². The van der Waals surface area contributed by atoms with E-state index in [-0.39, 0.29) is 5.41 Å². The lowest BCUT2D eigenvalue weighted by atomic mass is 9.90. The van der Waals surface area contributed by atoms with Gasteiger partial charge in [0.15, 0.2) is 0 Å². The molecule has 27 heavy (non-hydrogen) atoms. The van der Waals surface area contributed by atoms with E-state index in [0.29, 0.717) is 0 Å². The van der Waals surface area contributed by atoms with Crippen LogP contribution in [-0.2, 0) is 24.9 Å². The van der Waals surface area contributed by atoms with E-state index < -0.39 is 0 Å². The molecule has 1 aromatic heterocycles. The quantitative estimate of drug-likeness (QED) is 0.817. The number of anilines is 1. The fraction of sp³-hybridized carbons (Fsp3) is 0.583. The maximum absolute atomic E-state index is 3.71. The first-order chi connectivity index (χ1) is 13.0. The Balaban J connectivity index is 1.42. The summed E-state index contributed by atoms with van der Waals surface area (Å²) in [5.41, 5.74) is 4.68. The molecule has 146 valence electrons. The molecule has 3 nitrogen and oxygen atoms in total. The smallest absolute Gasteiger partial charge is 0.109 e. The minimum atomic E-state index is 0.201. The predicted octanol–water partition coefficient (Wildman–Crippen LogP) is 5.06. The van der Waals surface area contributed by atoms with E-state index >= 15 is 0 Å². The summed E-state index contributed by atoms with van der Waals surface area (Å²) in [6.07, 6.45) is 5.11. The second-order valence-electron chi connectivity index (χ2n) is 9.50. The minimum absolute atomic E-state index is 0.201. The van der Waals surface area contributed by atoms with Crippen molar-refractivity contribution in [1.82, 2.24) is 9.47 Å². The number of aromatic nitrogens is 1. The molecule has 0 saturated carbocycles. The van der Waals surface area contributed by atoms with Crippen LogP contribution in [0.15, 0.2) is 36.4 Å². The Morgan fingerprint density at radius 2 is 1.81 bits per heavy atom. The molecule has 0 unspecified atom stereocenters. The standard InChI is InChI=1S/C24H35N3/c1-24(2,3)22-16-21-10-7-13-25-23(21)27(22)18-20-11-14-26(15-12-20)17-19-8-5-4-6-9-19/h4-6,8-9,16,20,25H,7,10-15,17-18H2,1-3H3. The third-order valence-electron chi connectivity index (χ3n) is 6.26. The number of nitrogens with zero attached hydrogens (tertiary/aromatic N) is 2. The molecule has 2 aliphatic rings. The summed E-state index contributed by atoms with van der Waals surface area (Å²) in [6, 6.07) is 13.4. The fourth-order valence-electron chi connectivity index (χ4n) is 4.73. The average Bonchev–Trinajstić information content (AvgIpc) is 3.03. The first-order valence-electron chi connectivity index (χ1n) is 10.7. The molecule has 1 N–H and O–H groups in total. The molecule has 1 fully saturated rings. The van der Waals surface area contributed by atoms with Crippen LogP contribution < -0.4 is 5.32 Å². The highest BCUT2D eigenvalue weighted by atomic mass is 15.2. The van der Waals surface area contributed by atoms with Crippen LogP contribution in [0.5, 0.6) is 0 Å². The Morgan fingerprint density at radius 1 is 1.07 bits per heavy atom. The van der Waals surface area contributed by atoms with Crippen LogP contribution in [0.1, 0.15) is 56.9 Å². The minimum Gasteiger partial charge on any atom is -0.371 e. The monoisotopic (exact) mass is 365 g/mol. The Labute approximate surface area is 164 Å². The molecule has 2 aliphatic heterocycles. The van der Waals surface area contributed by atoms with Crippen LogP contribution in [0.25, 0.3) is 0 Å². The molecule has 0 spiro atoms. The first-order valence-corrected chi connectivity index (χ1v) is 10.7. The van der Waals surface area contributed by atoms with Crippen molar-refractivity contribution in [3.8, 4) is 0 Å². The highest BCUT2D eigenvalue weighted by Crippen LogP contribution is 2.35. The van der Waals surface area contributed by atoms with Gasteiger partial charge in [0, 0.05) is 30.7 Å². The lowest BCUT2D eigenvalue weighted by molar-refractivity contribution is 0.166. The van der Waals surface area contributed by atoms with Gasteiger partial charge in [0.25, 0.3) is 0 Å². The Hall–Kier alpha value is -1.74. The highest BCUT2D eigenvalue weighted by Gasteiger charge is 2.28. The van der Waals surface area contributed by atoms with Crippen molar-refractivity contribution in [2.75, 3.05) is 25.0 Å². The second-order valence-corrected chi connectivity index (χ2v) is 9.50. The maximum Gasteiger partial charge on any atom is 0.109 e. The fourth-order valence-corrected chi connectivity index (χ4v) is 4.73. The van der Waals surface area contributed by atoms with Crippen molar-refractivity contribution in [2.45, 2.75) is 65.0 Å². The van der Waals surface area contributed by atoms with Crippen molar-refractivity contribution in [2.24, 2.45) is 5.92 Å². The SMILES string of the molecule is CC(C)(C)c1cc2c(n1CC1CCN(Cc3ccccc3)CC1)NCCC2. The van der Waals surface area contributed by atoms with E-state index in [4.69, 9.17) is 0 Å². The molecule has 0 radical (unpaired) electrons. The van der Waals surface area contributed by atoms with E-state index in [2.05, 4.69) is 72.0 Å². The number of fused-ring (bicyclic) bond motifs is 1. The molecule has 4 rings (SSSR count). The topological polar surface area (TPSA) is 20.2 Å². The summed E-state index contributed by atoms with van der Waals surface area (Å²) < 4.78 is 2.63. The highest BCUT2D eigenvalue weighted by molar-refractivity contribution is 5.52. The van der Waals surface area contributed by atoms with Crippen LogP contribution in [-0.4, -0.2) is 29.1 Å². The molecular weight excluding hydrogens is 330 g/mol. The number of benzene rings is 1. The van der Waals surface area contributed by atoms with Crippen LogP contribution in [0, 0.1) is 5.92 Å². The van der Waals surface area contributed by atoms with Gasteiger partial charge in [-0.1, -0.05) is 51.1 Å². The van der Waals surface area contributed by atoms with Crippen molar-refractivity contribution in [3.63, 3.8) is 0 Å². The van der Waals surface area contributed by atoms with Crippen LogP contribution >= 0.6 is 0 Å². The number of piperidine rings is 1. The van der Waals surface area contributed by atoms with E-state index in [1.165, 1.54) is 68.0 Å². The van der Waals surface area contributed by atoms with Crippen molar-refractivity contribution < 1.29 is 0 Å². The lowest BCUT2D eigenvalue weighted by Crippen LogP contribution is -2.35.